The van der Waals surface area contributed by atoms with Crippen molar-refractivity contribution in [3.05, 3.63) is 29.3 Å². The molecule has 1 saturated carbocycles. The van der Waals surface area contributed by atoms with Gasteiger partial charge in [-0.05, 0) is 30.0 Å². The highest BCUT2D eigenvalue weighted by molar-refractivity contribution is 6.00. The number of nitrogens with zero attached hydrogens (tertiary/aromatic N) is 1. The third-order valence-corrected chi connectivity index (χ3v) is 4.38. The predicted molar refractivity (Wildman–Crippen MR) is 66.2 cm³/mol. The van der Waals surface area contributed by atoms with Crippen LogP contribution in [0.4, 0.5) is 5.69 Å². The van der Waals surface area contributed by atoms with Crippen LogP contribution in [0.15, 0.2) is 18.2 Å². The Kier molecular flexibility index (Phi) is 2.26. The lowest BCUT2D eigenvalue weighted by Gasteiger charge is -2.41. The number of carbonyl (C=O) groups is 1. The summed E-state index contributed by atoms with van der Waals surface area (Å²) in [6, 6.07) is 6.21. The first-order valence-electron chi connectivity index (χ1n) is 6.17. The lowest BCUT2D eigenvalue weighted by atomic mass is 9.65. The van der Waals surface area contributed by atoms with Gasteiger partial charge >= 0.3 is 0 Å². The van der Waals surface area contributed by atoms with Gasteiger partial charge < -0.3 is 10.0 Å². The molecule has 0 atom stereocenters. The molecule has 0 bridgehead atoms. The first-order valence-corrected chi connectivity index (χ1v) is 6.17. The molecule has 1 aromatic carbocycles. The van der Waals surface area contributed by atoms with Crippen LogP contribution in [0.2, 0.25) is 0 Å². The van der Waals surface area contributed by atoms with Crippen LogP contribution in [0.5, 0.6) is 0 Å². The summed E-state index contributed by atoms with van der Waals surface area (Å²) in [6.45, 7) is 0.218. The van der Waals surface area contributed by atoms with E-state index in [0.29, 0.717) is 6.42 Å². The molecule has 90 valence electrons. The van der Waals surface area contributed by atoms with E-state index >= 15 is 0 Å². The van der Waals surface area contributed by atoms with Crippen molar-refractivity contribution in [2.45, 2.75) is 31.1 Å². The molecule has 1 aliphatic heterocycles. The lowest BCUT2D eigenvalue weighted by Crippen LogP contribution is -2.37. The molecular weight excluding hydrogens is 214 g/mol. The van der Waals surface area contributed by atoms with E-state index in [1.165, 1.54) is 12.0 Å². The number of fused-ring (bicyclic) bond motifs is 1. The molecule has 3 heteroatoms. The maximum atomic E-state index is 11.6. The first kappa shape index (κ1) is 10.8. The number of carbonyl (C=O) groups excluding carboxylic acids is 1. The molecule has 1 aliphatic carbocycles. The molecule has 1 amide bonds. The highest BCUT2D eigenvalue weighted by Gasteiger charge is 2.39. The summed E-state index contributed by atoms with van der Waals surface area (Å²) in [5.74, 6) is 0.156. The molecule has 1 fully saturated rings. The number of hydrogen-bond donors (Lipinski definition) is 1. The average Bonchev–Trinajstić information content (AvgIpc) is 2.54. The number of amides is 1. The van der Waals surface area contributed by atoms with Crippen LogP contribution >= 0.6 is 0 Å². The van der Waals surface area contributed by atoms with Crippen molar-refractivity contribution in [3.8, 4) is 0 Å². The number of benzene rings is 1. The summed E-state index contributed by atoms with van der Waals surface area (Å²) in [4.78, 5) is 13.3. The van der Waals surface area contributed by atoms with Crippen molar-refractivity contribution >= 4 is 11.6 Å². The van der Waals surface area contributed by atoms with E-state index in [0.717, 1.165) is 24.1 Å². The quantitative estimate of drug-likeness (QED) is 0.840. The molecule has 0 spiro atoms. The Hall–Kier alpha value is -1.35. The molecule has 3 rings (SSSR count). The van der Waals surface area contributed by atoms with Crippen molar-refractivity contribution in [1.29, 1.82) is 0 Å². The lowest BCUT2D eigenvalue weighted by molar-refractivity contribution is -0.117. The van der Waals surface area contributed by atoms with E-state index in [-0.39, 0.29) is 17.9 Å². The van der Waals surface area contributed by atoms with Gasteiger partial charge in [-0.25, -0.2) is 0 Å². The Morgan fingerprint density at radius 2 is 2.18 bits per heavy atom. The second-order valence-electron chi connectivity index (χ2n) is 5.27. The summed E-state index contributed by atoms with van der Waals surface area (Å²) in [7, 11) is 1.82. The molecule has 0 aromatic heterocycles. The van der Waals surface area contributed by atoms with Crippen molar-refractivity contribution < 1.29 is 9.90 Å². The molecule has 1 aromatic rings. The SMILES string of the molecule is CN1C(=O)Cc2cc(C3(CO)CCC3)ccc21. The summed E-state index contributed by atoms with van der Waals surface area (Å²) in [5, 5.41) is 9.57. The largest absolute Gasteiger partial charge is 0.395 e. The minimum atomic E-state index is -0.0285. The minimum absolute atomic E-state index is 0.0285. The highest BCUT2D eigenvalue weighted by Crippen LogP contribution is 2.44. The number of rotatable bonds is 2. The number of likely N-dealkylation sites (N-methyl/N-ethyl adjacent to an activating group) is 1. The third-order valence-electron chi connectivity index (χ3n) is 4.38. The fraction of sp³-hybridized carbons (Fsp3) is 0.500. The van der Waals surface area contributed by atoms with Gasteiger partial charge in [-0.1, -0.05) is 18.6 Å². The number of aliphatic hydroxyl groups excluding tert-OH is 1. The van der Waals surface area contributed by atoms with Gasteiger partial charge in [0.25, 0.3) is 0 Å². The molecule has 1 heterocycles. The monoisotopic (exact) mass is 231 g/mol. The van der Waals surface area contributed by atoms with E-state index in [9.17, 15) is 9.90 Å². The van der Waals surface area contributed by atoms with Gasteiger partial charge in [0.15, 0.2) is 0 Å². The third kappa shape index (κ3) is 1.42. The van der Waals surface area contributed by atoms with Crippen LogP contribution in [-0.2, 0) is 16.6 Å². The molecule has 0 saturated heterocycles. The van der Waals surface area contributed by atoms with Gasteiger partial charge in [0.1, 0.15) is 0 Å². The summed E-state index contributed by atoms with van der Waals surface area (Å²) in [5.41, 5.74) is 3.30. The highest BCUT2D eigenvalue weighted by atomic mass is 16.3. The second kappa shape index (κ2) is 3.57. The van der Waals surface area contributed by atoms with Gasteiger partial charge in [0.2, 0.25) is 5.91 Å². The zero-order chi connectivity index (χ0) is 12.0. The van der Waals surface area contributed by atoms with Crippen LogP contribution in [-0.4, -0.2) is 24.7 Å². The Morgan fingerprint density at radius 1 is 1.41 bits per heavy atom. The van der Waals surface area contributed by atoms with E-state index in [2.05, 4.69) is 12.1 Å². The van der Waals surface area contributed by atoms with Crippen LogP contribution in [0.1, 0.15) is 30.4 Å². The van der Waals surface area contributed by atoms with Gasteiger partial charge in [-0.3, -0.25) is 4.79 Å². The Balaban J connectivity index is 2.00. The van der Waals surface area contributed by atoms with Crippen molar-refractivity contribution in [3.63, 3.8) is 0 Å². The van der Waals surface area contributed by atoms with Crippen molar-refractivity contribution in [1.82, 2.24) is 0 Å². The van der Waals surface area contributed by atoms with Crippen molar-refractivity contribution in [2.75, 3.05) is 18.6 Å². The van der Waals surface area contributed by atoms with E-state index in [1.807, 2.05) is 13.1 Å². The molecular formula is C14H17NO2. The van der Waals surface area contributed by atoms with E-state index in [4.69, 9.17) is 0 Å². The van der Waals surface area contributed by atoms with Crippen LogP contribution in [0.3, 0.4) is 0 Å². The summed E-state index contributed by atoms with van der Waals surface area (Å²) in [6.07, 6.45) is 3.82. The second-order valence-corrected chi connectivity index (χ2v) is 5.27. The topological polar surface area (TPSA) is 40.5 Å². The zero-order valence-corrected chi connectivity index (χ0v) is 10.1. The molecule has 0 radical (unpaired) electrons. The average molecular weight is 231 g/mol. The Labute approximate surface area is 101 Å². The molecule has 0 unspecified atom stereocenters. The summed E-state index contributed by atoms with van der Waals surface area (Å²) < 4.78 is 0. The smallest absolute Gasteiger partial charge is 0.231 e. The Bertz CT molecular complexity index is 472. The fourth-order valence-corrected chi connectivity index (χ4v) is 2.94. The summed E-state index contributed by atoms with van der Waals surface area (Å²) >= 11 is 0. The van der Waals surface area contributed by atoms with Gasteiger partial charge in [0, 0.05) is 18.2 Å². The Morgan fingerprint density at radius 3 is 2.76 bits per heavy atom. The maximum absolute atomic E-state index is 11.6. The van der Waals surface area contributed by atoms with Crippen LogP contribution in [0, 0.1) is 0 Å². The van der Waals surface area contributed by atoms with Crippen molar-refractivity contribution in [2.24, 2.45) is 0 Å². The molecule has 1 N–H and O–H groups in total. The number of anilines is 1. The molecule has 17 heavy (non-hydrogen) atoms. The van der Waals surface area contributed by atoms with Gasteiger partial charge in [-0.15, -0.1) is 0 Å². The van der Waals surface area contributed by atoms with E-state index < -0.39 is 0 Å². The number of hydrogen-bond acceptors (Lipinski definition) is 2. The van der Waals surface area contributed by atoms with Gasteiger partial charge in [-0.2, -0.15) is 0 Å². The maximum Gasteiger partial charge on any atom is 0.231 e. The predicted octanol–water partition coefficient (Wildman–Crippen LogP) is 1.62. The van der Waals surface area contributed by atoms with E-state index in [1.54, 1.807) is 4.90 Å². The first-order chi connectivity index (χ1) is 8.16. The fourth-order valence-electron chi connectivity index (χ4n) is 2.94. The molecule has 2 aliphatic rings. The molecule has 3 nitrogen and oxygen atoms in total. The normalized spacial score (nSPS) is 21.3. The van der Waals surface area contributed by atoms with Gasteiger partial charge in [0.05, 0.1) is 13.0 Å². The minimum Gasteiger partial charge on any atom is -0.395 e. The number of aliphatic hydroxyl groups is 1. The standard InChI is InChI=1S/C14H17NO2/c1-15-12-4-3-11(7-10(12)8-13(15)17)14(9-16)5-2-6-14/h3-4,7,16H,2,5-6,8-9H2,1H3. The zero-order valence-electron chi connectivity index (χ0n) is 10.1. The van der Waals surface area contributed by atoms with Crippen LogP contribution < -0.4 is 4.90 Å². The van der Waals surface area contributed by atoms with Crippen LogP contribution in [0.25, 0.3) is 0 Å².